The van der Waals surface area contributed by atoms with Crippen molar-refractivity contribution in [1.29, 1.82) is 0 Å². The molecule has 0 unspecified atom stereocenters. The van der Waals surface area contributed by atoms with Crippen molar-refractivity contribution in [1.82, 2.24) is 10.3 Å². The summed E-state index contributed by atoms with van der Waals surface area (Å²) in [5.41, 5.74) is 1.35. The molecular weight excluding hydrogens is 288 g/mol. The fourth-order valence-corrected chi connectivity index (χ4v) is 2.24. The summed E-state index contributed by atoms with van der Waals surface area (Å²) in [5.74, 6) is 0.173. The third-order valence-corrected chi connectivity index (χ3v) is 3.35. The first kappa shape index (κ1) is 14.2. The molecule has 1 N–H and O–H groups in total. The Morgan fingerprint density at radius 1 is 1.58 bits per heavy atom. The van der Waals surface area contributed by atoms with Gasteiger partial charge in [-0.25, -0.2) is 4.98 Å². The van der Waals surface area contributed by atoms with Gasteiger partial charge in [-0.3, -0.25) is 4.79 Å². The van der Waals surface area contributed by atoms with Crippen molar-refractivity contribution < 1.29 is 13.9 Å². The van der Waals surface area contributed by atoms with Crippen LogP contribution in [0.15, 0.2) is 27.8 Å². The van der Waals surface area contributed by atoms with E-state index in [0.29, 0.717) is 29.0 Å². The number of carbonyl (C=O) groups is 1. The van der Waals surface area contributed by atoms with Crippen LogP contribution in [0.1, 0.15) is 0 Å². The zero-order chi connectivity index (χ0) is 13.7. The van der Waals surface area contributed by atoms with Gasteiger partial charge in [-0.05, 0) is 12.1 Å². The maximum atomic E-state index is 11.5. The van der Waals surface area contributed by atoms with Gasteiger partial charge in [-0.1, -0.05) is 23.4 Å². The van der Waals surface area contributed by atoms with Crippen LogP contribution in [0.25, 0.3) is 11.1 Å². The summed E-state index contributed by atoms with van der Waals surface area (Å²) in [6.07, 6.45) is 0. The summed E-state index contributed by atoms with van der Waals surface area (Å²) in [6, 6.07) is 5.23. The molecule has 1 heterocycles. The smallest absolute Gasteiger partial charge is 0.257 e. The van der Waals surface area contributed by atoms with E-state index in [1.807, 2.05) is 0 Å². The lowest BCUT2D eigenvalue weighted by Crippen LogP contribution is -2.28. The van der Waals surface area contributed by atoms with Gasteiger partial charge in [-0.2, -0.15) is 0 Å². The number of nitrogens with one attached hydrogen (secondary N) is 1. The number of thioether (sulfide) groups is 1. The summed E-state index contributed by atoms with van der Waals surface area (Å²) < 4.78 is 10.3. The van der Waals surface area contributed by atoms with Gasteiger partial charge in [0.05, 0.1) is 12.4 Å². The molecule has 2 aromatic rings. The van der Waals surface area contributed by atoms with Crippen molar-refractivity contribution in [2.75, 3.05) is 26.0 Å². The molecule has 19 heavy (non-hydrogen) atoms. The molecule has 2 rings (SSSR count). The Bertz CT molecular complexity index is 573. The van der Waals surface area contributed by atoms with Gasteiger partial charge >= 0.3 is 0 Å². The van der Waals surface area contributed by atoms with Crippen LogP contribution in [0.3, 0.4) is 0 Å². The molecule has 0 atom stereocenters. The molecule has 0 bridgehead atoms. The third kappa shape index (κ3) is 4.12. The first-order valence-electron chi connectivity index (χ1n) is 5.63. The second-order valence-corrected chi connectivity index (χ2v) is 5.09. The number of fused-ring (bicyclic) bond motifs is 1. The highest BCUT2D eigenvalue weighted by Crippen LogP contribution is 2.25. The molecule has 5 nitrogen and oxygen atoms in total. The van der Waals surface area contributed by atoms with Crippen LogP contribution in [0.4, 0.5) is 0 Å². The molecular formula is C12H13ClN2O3S. The molecule has 0 saturated carbocycles. The van der Waals surface area contributed by atoms with Gasteiger partial charge in [0.2, 0.25) is 5.91 Å². The molecule has 0 spiro atoms. The number of hydrogen-bond donors (Lipinski definition) is 1. The third-order valence-electron chi connectivity index (χ3n) is 2.29. The molecule has 1 amide bonds. The Morgan fingerprint density at radius 3 is 3.21 bits per heavy atom. The zero-order valence-electron chi connectivity index (χ0n) is 10.3. The van der Waals surface area contributed by atoms with Crippen LogP contribution in [-0.4, -0.2) is 36.9 Å². The number of hydrogen-bond acceptors (Lipinski definition) is 5. The van der Waals surface area contributed by atoms with Gasteiger partial charge in [0.25, 0.3) is 5.22 Å². The number of carbonyl (C=O) groups excluding carboxylic acids is 1. The second kappa shape index (κ2) is 6.79. The number of benzene rings is 1. The van der Waals surface area contributed by atoms with Gasteiger partial charge in [-0.15, -0.1) is 0 Å². The van der Waals surface area contributed by atoms with E-state index in [2.05, 4.69) is 10.3 Å². The van der Waals surface area contributed by atoms with E-state index >= 15 is 0 Å². The fraction of sp³-hybridized carbons (Fsp3) is 0.333. The highest BCUT2D eigenvalue weighted by Gasteiger charge is 2.09. The molecule has 0 aliphatic rings. The van der Waals surface area contributed by atoms with Crippen molar-refractivity contribution in [3.63, 3.8) is 0 Å². The minimum absolute atomic E-state index is 0.0812. The van der Waals surface area contributed by atoms with Crippen LogP contribution in [-0.2, 0) is 9.53 Å². The van der Waals surface area contributed by atoms with Crippen molar-refractivity contribution in [2.24, 2.45) is 0 Å². The minimum atomic E-state index is -0.0812. The molecule has 7 heteroatoms. The summed E-state index contributed by atoms with van der Waals surface area (Å²) in [4.78, 5) is 15.7. The number of oxazole rings is 1. The minimum Gasteiger partial charge on any atom is -0.431 e. The van der Waals surface area contributed by atoms with E-state index in [4.69, 9.17) is 20.8 Å². The van der Waals surface area contributed by atoms with Crippen LogP contribution in [0.5, 0.6) is 0 Å². The standard InChI is InChI=1S/C12H13ClN2O3S/c1-17-5-4-14-11(16)7-19-12-15-9-3-2-8(13)6-10(9)18-12/h2-3,6H,4-5,7H2,1H3,(H,14,16). The predicted octanol–water partition coefficient (Wildman–Crippen LogP) is 2.34. The largest absolute Gasteiger partial charge is 0.431 e. The first-order valence-corrected chi connectivity index (χ1v) is 7.00. The molecule has 1 aromatic carbocycles. The number of nitrogens with zero attached hydrogens (tertiary/aromatic N) is 1. The highest BCUT2D eigenvalue weighted by molar-refractivity contribution is 7.99. The van der Waals surface area contributed by atoms with Gasteiger partial charge in [0.1, 0.15) is 5.52 Å². The van der Waals surface area contributed by atoms with E-state index in [1.54, 1.807) is 25.3 Å². The van der Waals surface area contributed by atoms with Crippen LogP contribution >= 0.6 is 23.4 Å². The van der Waals surface area contributed by atoms with Crippen LogP contribution < -0.4 is 5.32 Å². The van der Waals surface area contributed by atoms with Gasteiger partial charge in [0.15, 0.2) is 5.58 Å². The average Bonchev–Trinajstić information content (AvgIpc) is 2.78. The Kier molecular flexibility index (Phi) is 5.07. The van der Waals surface area contributed by atoms with Crippen LogP contribution in [0, 0.1) is 0 Å². The van der Waals surface area contributed by atoms with E-state index in [1.165, 1.54) is 11.8 Å². The summed E-state index contributed by atoms with van der Waals surface area (Å²) >= 11 is 7.10. The van der Waals surface area contributed by atoms with E-state index < -0.39 is 0 Å². The SMILES string of the molecule is COCCNC(=O)CSc1nc2ccc(Cl)cc2o1. The van der Waals surface area contributed by atoms with Crippen LogP contribution in [0.2, 0.25) is 5.02 Å². The fourth-order valence-electron chi connectivity index (χ4n) is 1.41. The quantitative estimate of drug-likeness (QED) is 0.655. The molecule has 0 radical (unpaired) electrons. The lowest BCUT2D eigenvalue weighted by Gasteiger charge is -2.02. The van der Waals surface area contributed by atoms with Gasteiger partial charge in [0, 0.05) is 24.7 Å². The van der Waals surface area contributed by atoms with Gasteiger partial charge < -0.3 is 14.5 Å². The van der Waals surface area contributed by atoms with E-state index in [0.717, 1.165) is 5.52 Å². The van der Waals surface area contributed by atoms with E-state index in [-0.39, 0.29) is 11.7 Å². The Balaban J connectivity index is 1.89. The summed E-state index contributed by atoms with van der Waals surface area (Å²) in [7, 11) is 1.59. The highest BCUT2D eigenvalue weighted by atomic mass is 35.5. The molecule has 0 aliphatic heterocycles. The second-order valence-electron chi connectivity index (χ2n) is 3.72. The normalized spacial score (nSPS) is 10.8. The molecule has 0 fully saturated rings. The number of aromatic nitrogens is 1. The van der Waals surface area contributed by atoms with Crippen molar-refractivity contribution in [3.8, 4) is 0 Å². The topological polar surface area (TPSA) is 64.4 Å². The maximum Gasteiger partial charge on any atom is 0.257 e. The first-order chi connectivity index (χ1) is 9.19. The zero-order valence-corrected chi connectivity index (χ0v) is 11.9. The molecule has 102 valence electrons. The number of amides is 1. The van der Waals surface area contributed by atoms with Crippen molar-refractivity contribution in [3.05, 3.63) is 23.2 Å². The Morgan fingerprint density at radius 2 is 2.42 bits per heavy atom. The maximum absolute atomic E-state index is 11.5. The lowest BCUT2D eigenvalue weighted by atomic mass is 10.3. The average molecular weight is 301 g/mol. The van der Waals surface area contributed by atoms with Crippen molar-refractivity contribution >= 4 is 40.4 Å². The lowest BCUT2D eigenvalue weighted by molar-refractivity contribution is -0.118. The molecule has 0 saturated heterocycles. The van der Waals surface area contributed by atoms with Crippen molar-refractivity contribution in [2.45, 2.75) is 5.22 Å². The molecule has 0 aliphatic carbocycles. The monoisotopic (exact) mass is 300 g/mol. The summed E-state index contributed by atoms with van der Waals surface area (Å²) in [5, 5.41) is 3.77. The number of rotatable bonds is 6. The number of halogens is 1. The predicted molar refractivity (Wildman–Crippen MR) is 74.6 cm³/mol. The number of methoxy groups -OCH3 is 1. The molecule has 1 aromatic heterocycles. The summed E-state index contributed by atoms with van der Waals surface area (Å²) in [6.45, 7) is 0.997. The number of ether oxygens (including phenoxy) is 1. The van der Waals surface area contributed by atoms with E-state index in [9.17, 15) is 4.79 Å². The Labute approximate surface area is 119 Å². The Hall–Kier alpha value is -1.24.